The van der Waals surface area contributed by atoms with E-state index in [9.17, 15) is 10.1 Å². The molecule has 0 unspecified atom stereocenters. The predicted octanol–water partition coefficient (Wildman–Crippen LogP) is 4.60. The summed E-state index contributed by atoms with van der Waals surface area (Å²) < 4.78 is 0. The first-order chi connectivity index (χ1) is 12.0. The first kappa shape index (κ1) is 18.6. The summed E-state index contributed by atoms with van der Waals surface area (Å²) in [6.07, 6.45) is 1.61. The number of halogens is 1. The molecule has 25 heavy (non-hydrogen) atoms. The van der Waals surface area contributed by atoms with Gasteiger partial charge in [0.2, 0.25) is 0 Å². The van der Waals surface area contributed by atoms with Crippen LogP contribution in [0, 0.1) is 11.3 Å². The maximum Gasteiger partial charge on any atom is 0.267 e. The number of nitriles is 1. The number of nitrogens with one attached hydrogen (secondary N) is 1. The van der Waals surface area contributed by atoms with Gasteiger partial charge in [0.25, 0.3) is 5.91 Å². The Morgan fingerprint density at radius 3 is 2.40 bits per heavy atom. The van der Waals surface area contributed by atoms with Crippen LogP contribution in [0.1, 0.15) is 19.4 Å². The van der Waals surface area contributed by atoms with Gasteiger partial charge in [-0.3, -0.25) is 4.79 Å². The Morgan fingerprint density at radius 2 is 1.84 bits per heavy atom. The summed E-state index contributed by atoms with van der Waals surface area (Å²) in [5, 5.41) is 12.7. The van der Waals surface area contributed by atoms with Gasteiger partial charge >= 0.3 is 0 Å². The highest BCUT2D eigenvalue weighted by Gasteiger charge is 2.14. The van der Waals surface area contributed by atoms with Crippen LogP contribution >= 0.6 is 11.6 Å². The van der Waals surface area contributed by atoms with Crippen LogP contribution in [0.25, 0.3) is 0 Å². The van der Waals surface area contributed by atoms with Crippen molar-refractivity contribution in [1.29, 1.82) is 5.26 Å². The van der Waals surface area contributed by atoms with E-state index in [2.05, 4.69) is 5.32 Å². The van der Waals surface area contributed by atoms with E-state index < -0.39 is 5.91 Å². The summed E-state index contributed by atoms with van der Waals surface area (Å²) in [4.78, 5) is 14.3. The number of anilines is 1. The Kier molecular flexibility index (Phi) is 6.62. The number of nitrogens with zero attached hydrogens (tertiary/aromatic N) is 2. The Labute approximate surface area is 153 Å². The Balaban J connectivity index is 2.15. The molecular weight excluding hydrogens is 334 g/mol. The van der Waals surface area contributed by atoms with Crippen LogP contribution in [-0.4, -0.2) is 16.8 Å². The van der Waals surface area contributed by atoms with E-state index in [0.29, 0.717) is 17.3 Å². The van der Waals surface area contributed by atoms with Gasteiger partial charge in [-0.15, -0.1) is 0 Å². The molecule has 0 aliphatic rings. The first-order valence-corrected chi connectivity index (χ1v) is 8.36. The predicted molar refractivity (Wildman–Crippen MR) is 101 cm³/mol. The third-order valence-electron chi connectivity index (χ3n) is 3.63. The van der Waals surface area contributed by atoms with Gasteiger partial charge in [0, 0.05) is 29.5 Å². The molecule has 2 aromatic carbocycles. The normalized spacial score (nSPS) is 11.1. The Hall–Kier alpha value is -2.77. The number of rotatable bonds is 6. The van der Waals surface area contributed by atoms with Crippen LogP contribution in [0.2, 0.25) is 5.02 Å². The van der Waals surface area contributed by atoms with E-state index in [-0.39, 0.29) is 11.6 Å². The largest absolute Gasteiger partial charge is 0.369 e. The number of carbonyl (C=O) groups is 1. The van der Waals surface area contributed by atoms with Crippen LogP contribution in [0.4, 0.5) is 5.69 Å². The van der Waals surface area contributed by atoms with Crippen molar-refractivity contribution in [2.24, 2.45) is 0 Å². The number of carbonyl (C=O) groups excluding carboxylic acids is 1. The molecule has 0 aliphatic carbocycles. The summed E-state index contributed by atoms with van der Waals surface area (Å²) in [6, 6.07) is 18.8. The van der Waals surface area contributed by atoms with Crippen LogP contribution in [0.15, 0.2) is 66.4 Å². The van der Waals surface area contributed by atoms with E-state index in [4.69, 9.17) is 11.6 Å². The highest BCUT2D eigenvalue weighted by atomic mass is 35.5. The highest BCUT2D eigenvalue weighted by Crippen LogP contribution is 2.15. The minimum atomic E-state index is -0.441. The van der Waals surface area contributed by atoms with Crippen molar-refractivity contribution in [3.63, 3.8) is 0 Å². The van der Waals surface area contributed by atoms with Gasteiger partial charge < -0.3 is 10.2 Å². The van der Waals surface area contributed by atoms with Gasteiger partial charge in [0.15, 0.2) is 0 Å². The van der Waals surface area contributed by atoms with E-state index in [0.717, 1.165) is 5.56 Å². The van der Waals surface area contributed by atoms with Crippen molar-refractivity contribution in [2.45, 2.75) is 26.4 Å². The molecule has 5 heteroatoms. The second kappa shape index (κ2) is 8.91. The van der Waals surface area contributed by atoms with E-state index >= 15 is 0 Å². The lowest BCUT2D eigenvalue weighted by Gasteiger charge is -2.25. The Bertz CT molecular complexity index is 777. The minimum Gasteiger partial charge on any atom is -0.369 e. The van der Waals surface area contributed by atoms with E-state index in [1.807, 2.05) is 55.1 Å². The fraction of sp³-hybridized carbons (Fsp3) is 0.200. The molecular formula is C20H20ClN3O. The molecule has 0 radical (unpaired) electrons. The van der Waals surface area contributed by atoms with Gasteiger partial charge in [0.1, 0.15) is 11.6 Å². The van der Waals surface area contributed by atoms with Crippen molar-refractivity contribution >= 4 is 23.2 Å². The van der Waals surface area contributed by atoms with Crippen LogP contribution in [-0.2, 0) is 11.3 Å². The lowest BCUT2D eigenvalue weighted by molar-refractivity contribution is -0.112. The number of benzene rings is 2. The summed E-state index contributed by atoms with van der Waals surface area (Å²) >= 11 is 5.84. The fourth-order valence-electron chi connectivity index (χ4n) is 2.21. The fourth-order valence-corrected chi connectivity index (χ4v) is 2.33. The minimum absolute atomic E-state index is 0.0552. The molecule has 128 valence electrons. The number of hydrogen-bond acceptors (Lipinski definition) is 3. The van der Waals surface area contributed by atoms with Crippen molar-refractivity contribution in [3.05, 3.63) is 77.0 Å². The zero-order valence-corrected chi connectivity index (χ0v) is 15.0. The second-order valence-corrected chi connectivity index (χ2v) is 6.30. The Morgan fingerprint density at radius 1 is 1.20 bits per heavy atom. The second-order valence-electron chi connectivity index (χ2n) is 5.87. The number of amides is 1. The van der Waals surface area contributed by atoms with Crippen LogP contribution < -0.4 is 5.32 Å². The quantitative estimate of drug-likeness (QED) is 0.610. The third-order valence-corrected chi connectivity index (χ3v) is 3.89. The molecule has 0 spiro atoms. The van der Waals surface area contributed by atoms with Crippen molar-refractivity contribution < 1.29 is 4.79 Å². The molecule has 0 atom stereocenters. The van der Waals surface area contributed by atoms with Crippen LogP contribution in [0.5, 0.6) is 0 Å². The van der Waals surface area contributed by atoms with Gasteiger partial charge in [-0.2, -0.15) is 5.26 Å². The molecule has 2 aromatic rings. The zero-order chi connectivity index (χ0) is 18.2. The molecule has 0 aromatic heterocycles. The maximum absolute atomic E-state index is 12.4. The molecule has 0 saturated carbocycles. The monoisotopic (exact) mass is 353 g/mol. The molecule has 0 aliphatic heterocycles. The average molecular weight is 354 g/mol. The zero-order valence-electron chi connectivity index (χ0n) is 14.2. The summed E-state index contributed by atoms with van der Waals surface area (Å²) in [6.45, 7) is 4.66. The van der Waals surface area contributed by atoms with Gasteiger partial charge in [-0.05, 0) is 43.7 Å². The molecule has 0 fully saturated rings. The summed E-state index contributed by atoms with van der Waals surface area (Å²) in [7, 11) is 0. The smallest absolute Gasteiger partial charge is 0.267 e. The SMILES string of the molecule is CC(C)N(/C=C(/C#N)C(=O)Nc1ccc(Cl)cc1)Cc1ccccc1. The van der Waals surface area contributed by atoms with Gasteiger partial charge in [-0.25, -0.2) is 0 Å². The first-order valence-electron chi connectivity index (χ1n) is 7.98. The van der Waals surface area contributed by atoms with E-state index in [1.54, 1.807) is 30.5 Å². The maximum atomic E-state index is 12.4. The molecule has 1 N–H and O–H groups in total. The average Bonchev–Trinajstić information content (AvgIpc) is 2.61. The summed E-state index contributed by atoms with van der Waals surface area (Å²) in [5.41, 5.74) is 1.76. The van der Waals surface area contributed by atoms with Crippen molar-refractivity contribution in [3.8, 4) is 6.07 Å². The van der Waals surface area contributed by atoms with Gasteiger partial charge in [-0.1, -0.05) is 41.9 Å². The molecule has 1 amide bonds. The van der Waals surface area contributed by atoms with Gasteiger partial charge in [0.05, 0.1) is 0 Å². The highest BCUT2D eigenvalue weighted by molar-refractivity contribution is 6.30. The topological polar surface area (TPSA) is 56.1 Å². The molecule has 2 rings (SSSR count). The molecule has 4 nitrogen and oxygen atoms in total. The van der Waals surface area contributed by atoms with Crippen LogP contribution in [0.3, 0.4) is 0 Å². The lowest BCUT2D eigenvalue weighted by Crippen LogP contribution is -2.27. The van der Waals surface area contributed by atoms with E-state index in [1.165, 1.54) is 0 Å². The number of hydrogen-bond donors (Lipinski definition) is 1. The molecule has 0 saturated heterocycles. The molecule has 0 heterocycles. The lowest BCUT2D eigenvalue weighted by atomic mass is 10.2. The standard InChI is InChI=1S/C20H20ClN3O/c1-15(2)24(13-16-6-4-3-5-7-16)14-17(12-22)20(25)23-19-10-8-18(21)9-11-19/h3-11,14-15H,13H2,1-2H3,(H,23,25)/b17-14-. The molecule has 0 bridgehead atoms. The van der Waals surface area contributed by atoms with Crippen molar-refractivity contribution in [2.75, 3.05) is 5.32 Å². The third kappa shape index (κ3) is 5.66. The summed E-state index contributed by atoms with van der Waals surface area (Å²) in [5.74, 6) is -0.441. The van der Waals surface area contributed by atoms with Crippen molar-refractivity contribution in [1.82, 2.24) is 4.90 Å².